The molecule has 14 heavy (non-hydrogen) atoms. The number of rotatable bonds is 5. The predicted octanol–water partition coefficient (Wildman–Crippen LogP) is 3.63. The smallest absolute Gasteiger partial charge is 0.0437 e. The van der Waals surface area contributed by atoms with E-state index in [-0.39, 0.29) is 6.61 Å². The Morgan fingerprint density at radius 1 is 0.786 bits per heavy atom. The zero-order valence-electron chi connectivity index (χ0n) is 10.8. The van der Waals surface area contributed by atoms with Crippen molar-refractivity contribution in [3.63, 3.8) is 0 Å². The Hall–Kier alpha value is -0.0800. The summed E-state index contributed by atoms with van der Waals surface area (Å²) in [7, 11) is 0. The molecule has 0 amide bonds. The SMILES string of the molecule is CCCCCC.CCO.CCOCC. The highest BCUT2D eigenvalue weighted by Gasteiger charge is 1.75. The first-order valence-corrected chi connectivity index (χ1v) is 5.93. The van der Waals surface area contributed by atoms with E-state index in [9.17, 15) is 0 Å². The zero-order chi connectivity index (χ0) is 11.7. The van der Waals surface area contributed by atoms with Crippen LogP contribution in [-0.4, -0.2) is 24.9 Å². The number of hydrogen-bond donors (Lipinski definition) is 1. The van der Waals surface area contributed by atoms with Crippen LogP contribution in [-0.2, 0) is 4.74 Å². The van der Waals surface area contributed by atoms with E-state index in [2.05, 4.69) is 13.8 Å². The van der Waals surface area contributed by atoms with Gasteiger partial charge in [-0.15, -0.1) is 0 Å². The molecule has 0 aromatic carbocycles. The Bertz CT molecular complexity index is 50.3. The monoisotopic (exact) mass is 206 g/mol. The maximum Gasteiger partial charge on any atom is 0.0437 e. The summed E-state index contributed by atoms with van der Waals surface area (Å²) in [4.78, 5) is 0. The predicted molar refractivity (Wildman–Crippen MR) is 64.7 cm³/mol. The van der Waals surface area contributed by atoms with Gasteiger partial charge >= 0.3 is 0 Å². The first kappa shape index (κ1) is 19.5. The molecule has 0 aliphatic carbocycles. The van der Waals surface area contributed by atoms with Crippen molar-refractivity contribution in [2.75, 3.05) is 19.8 Å². The van der Waals surface area contributed by atoms with Crippen molar-refractivity contribution in [3.05, 3.63) is 0 Å². The second-order valence-electron chi connectivity index (χ2n) is 2.80. The molecular formula is C12H30O2. The molecule has 1 N–H and O–H groups in total. The van der Waals surface area contributed by atoms with Gasteiger partial charge in [-0.2, -0.15) is 0 Å². The van der Waals surface area contributed by atoms with E-state index in [1.807, 2.05) is 13.8 Å². The van der Waals surface area contributed by atoms with Gasteiger partial charge in [0.15, 0.2) is 0 Å². The number of hydrogen-bond acceptors (Lipinski definition) is 2. The lowest BCUT2D eigenvalue weighted by molar-refractivity contribution is 0.162. The minimum absolute atomic E-state index is 0.250. The molecule has 0 saturated carbocycles. The van der Waals surface area contributed by atoms with Gasteiger partial charge in [-0.3, -0.25) is 0 Å². The molecule has 2 nitrogen and oxygen atoms in total. The summed E-state index contributed by atoms with van der Waals surface area (Å²) in [5.74, 6) is 0. The van der Waals surface area contributed by atoms with Crippen molar-refractivity contribution >= 4 is 0 Å². The van der Waals surface area contributed by atoms with Crippen LogP contribution in [0.3, 0.4) is 0 Å². The van der Waals surface area contributed by atoms with Gasteiger partial charge in [-0.05, 0) is 20.8 Å². The quantitative estimate of drug-likeness (QED) is 0.696. The van der Waals surface area contributed by atoms with Crippen molar-refractivity contribution in [2.45, 2.75) is 60.3 Å². The second-order valence-corrected chi connectivity index (χ2v) is 2.80. The standard InChI is InChI=1S/C6H14.C4H10O.C2H6O/c1-3-5-6-4-2;1-3-5-4-2;1-2-3/h3-6H2,1-2H3;3-4H2,1-2H3;3H,2H2,1H3. The van der Waals surface area contributed by atoms with E-state index < -0.39 is 0 Å². The van der Waals surface area contributed by atoms with Gasteiger partial charge < -0.3 is 9.84 Å². The maximum absolute atomic E-state index is 7.57. The molecular weight excluding hydrogens is 176 g/mol. The summed E-state index contributed by atoms with van der Waals surface area (Å²) >= 11 is 0. The molecule has 0 rings (SSSR count). The minimum atomic E-state index is 0.250. The fraction of sp³-hybridized carbons (Fsp3) is 1.00. The van der Waals surface area contributed by atoms with E-state index in [0.717, 1.165) is 13.2 Å². The third kappa shape index (κ3) is 58.7. The van der Waals surface area contributed by atoms with Crippen molar-refractivity contribution in [2.24, 2.45) is 0 Å². The zero-order valence-corrected chi connectivity index (χ0v) is 10.8. The van der Waals surface area contributed by atoms with E-state index in [1.165, 1.54) is 25.7 Å². The molecule has 0 spiro atoms. The van der Waals surface area contributed by atoms with Crippen molar-refractivity contribution in [1.29, 1.82) is 0 Å². The van der Waals surface area contributed by atoms with Gasteiger partial charge in [0.25, 0.3) is 0 Å². The van der Waals surface area contributed by atoms with Gasteiger partial charge in [0, 0.05) is 19.8 Å². The van der Waals surface area contributed by atoms with Crippen LogP contribution in [0.4, 0.5) is 0 Å². The summed E-state index contributed by atoms with van der Waals surface area (Å²) < 4.78 is 4.83. The first-order chi connectivity index (χ1) is 6.74. The lowest BCUT2D eigenvalue weighted by Crippen LogP contribution is -1.84. The normalized spacial score (nSPS) is 8.14. The minimum Gasteiger partial charge on any atom is -0.397 e. The molecule has 90 valence electrons. The third-order valence-corrected chi connectivity index (χ3v) is 1.37. The third-order valence-electron chi connectivity index (χ3n) is 1.37. The molecule has 0 radical (unpaired) electrons. The second kappa shape index (κ2) is 29.3. The van der Waals surface area contributed by atoms with Crippen LogP contribution in [0.2, 0.25) is 0 Å². The van der Waals surface area contributed by atoms with E-state index in [0.29, 0.717) is 0 Å². The molecule has 0 aliphatic heterocycles. The summed E-state index contributed by atoms with van der Waals surface area (Å²) in [5.41, 5.74) is 0. The van der Waals surface area contributed by atoms with Crippen molar-refractivity contribution < 1.29 is 9.84 Å². The van der Waals surface area contributed by atoms with Gasteiger partial charge in [0.05, 0.1) is 0 Å². The maximum atomic E-state index is 7.57. The van der Waals surface area contributed by atoms with Crippen molar-refractivity contribution in [1.82, 2.24) is 0 Å². The van der Waals surface area contributed by atoms with Crippen LogP contribution in [0.25, 0.3) is 0 Å². The van der Waals surface area contributed by atoms with Crippen LogP contribution in [0.5, 0.6) is 0 Å². The summed E-state index contributed by atoms with van der Waals surface area (Å²) in [5, 5.41) is 7.57. The number of aliphatic hydroxyl groups is 1. The van der Waals surface area contributed by atoms with Gasteiger partial charge in [-0.1, -0.05) is 39.5 Å². The molecule has 0 saturated heterocycles. The molecule has 0 heterocycles. The lowest BCUT2D eigenvalue weighted by Gasteiger charge is -1.86. The highest BCUT2D eigenvalue weighted by atomic mass is 16.5. The molecule has 0 unspecified atom stereocenters. The average Bonchev–Trinajstić information content (AvgIpc) is 2.18. The lowest BCUT2D eigenvalue weighted by atomic mass is 10.2. The summed E-state index contributed by atoms with van der Waals surface area (Å²) in [6, 6.07) is 0. The fourth-order valence-corrected chi connectivity index (χ4v) is 0.704. The molecule has 0 aromatic heterocycles. The summed E-state index contributed by atoms with van der Waals surface area (Å²) in [6.07, 6.45) is 5.54. The van der Waals surface area contributed by atoms with Crippen LogP contribution in [0, 0.1) is 0 Å². The Morgan fingerprint density at radius 3 is 1.14 bits per heavy atom. The molecule has 0 fully saturated rings. The first-order valence-electron chi connectivity index (χ1n) is 5.93. The highest BCUT2D eigenvalue weighted by Crippen LogP contribution is 1.95. The average molecular weight is 206 g/mol. The van der Waals surface area contributed by atoms with Crippen LogP contribution in [0.15, 0.2) is 0 Å². The van der Waals surface area contributed by atoms with Gasteiger partial charge in [-0.25, -0.2) is 0 Å². The number of unbranched alkanes of at least 4 members (excludes halogenated alkanes) is 3. The highest BCUT2D eigenvalue weighted by molar-refractivity contribution is 4.31. The Kier molecular flexibility index (Phi) is 40.7. The molecule has 0 aliphatic rings. The van der Waals surface area contributed by atoms with E-state index >= 15 is 0 Å². The van der Waals surface area contributed by atoms with E-state index in [4.69, 9.17) is 9.84 Å². The van der Waals surface area contributed by atoms with Crippen LogP contribution < -0.4 is 0 Å². The van der Waals surface area contributed by atoms with Crippen LogP contribution >= 0.6 is 0 Å². The topological polar surface area (TPSA) is 29.5 Å². The summed E-state index contributed by atoms with van der Waals surface area (Å²) in [6.45, 7) is 12.1. The molecule has 0 atom stereocenters. The molecule has 0 aromatic rings. The van der Waals surface area contributed by atoms with E-state index in [1.54, 1.807) is 6.92 Å². The largest absolute Gasteiger partial charge is 0.397 e. The van der Waals surface area contributed by atoms with Crippen molar-refractivity contribution in [3.8, 4) is 0 Å². The van der Waals surface area contributed by atoms with Crippen LogP contribution in [0.1, 0.15) is 60.3 Å². The number of aliphatic hydroxyl groups excluding tert-OH is 1. The fourth-order valence-electron chi connectivity index (χ4n) is 0.704. The molecule has 0 bridgehead atoms. The Morgan fingerprint density at radius 2 is 1.07 bits per heavy atom. The Balaban J connectivity index is -0.000000138. The van der Waals surface area contributed by atoms with Gasteiger partial charge in [0.1, 0.15) is 0 Å². The Labute approximate surface area is 90.7 Å². The molecule has 2 heteroatoms. The van der Waals surface area contributed by atoms with Gasteiger partial charge in [0.2, 0.25) is 0 Å². The number of ether oxygens (including phenoxy) is 1.